The molecule has 1 atom stereocenters. The molecule has 3 heterocycles. The standard InChI is InChI=1S/C14H14N2O4.C11H19N.C5H11NO2/c1-20-9-2-3-10-8(6-9)7-16(14(10)19)11-4-5-12(17)15-13(11)18;1-4-8-12(9-5-1)10-11-6-2-3-7-11;1-5(2,3)8-4(6)7/h2-3,6,11H,4-5,7H2,1H3,(H,15,17,18);6H,1-5,7-10H2;1-3H3,(H2,6,7). The van der Waals surface area contributed by atoms with Gasteiger partial charge in [0, 0.05) is 25.1 Å². The number of fused-ring (bicyclic) bond motifs is 1. The summed E-state index contributed by atoms with van der Waals surface area (Å²) in [5.41, 5.74) is 7.41. The third kappa shape index (κ3) is 9.36. The second-order valence-corrected chi connectivity index (χ2v) is 11.5. The minimum atomic E-state index is -0.725. The summed E-state index contributed by atoms with van der Waals surface area (Å²) in [6.07, 6.45) is 10.8. The number of hydrogen-bond acceptors (Lipinski definition) is 7. The van der Waals surface area contributed by atoms with Crippen LogP contribution >= 0.6 is 0 Å². The number of rotatable bonds is 4. The molecular weight excluding hydrogens is 512 g/mol. The Morgan fingerprint density at radius 1 is 1.07 bits per heavy atom. The number of nitrogens with zero attached hydrogens (tertiary/aromatic N) is 2. The van der Waals surface area contributed by atoms with Gasteiger partial charge in [-0.25, -0.2) is 4.79 Å². The van der Waals surface area contributed by atoms with Crippen molar-refractivity contribution in [3.05, 3.63) is 41.0 Å². The lowest BCUT2D eigenvalue weighted by molar-refractivity contribution is -0.136. The van der Waals surface area contributed by atoms with E-state index in [1.807, 2.05) is 0 Å². The number of carbonyl (C=O) groups excluding carboxylic acids is 4. The van der Waals surface area contributed by atoms with Crippen molar-refractivity contribution in [3.8, 4) is 5.75 Å². The van der Waals surface area contributed by atoms with Crippen molar-refractivity contribution >= 4 is 23.8 Å². The van der Waals surface area contributed by atoms with Crippen LogP contribution in [0.15, 0.2) is 29.8 Å². The smallest absolute Gasteiger partial charge is 0.405 e. The Morgan fingerprint density at radius 2 is 1.80 bits per heavy atom. The highest BCUT2D eigenvalue weighted by Gasteiger charge is 2.39. The highest BCUT2D eigenvalue weighted by molar-refractivity contribution is 6.05. The zero-order chi connectivity index (χ0) is 29.3. The predicted octanol–water partition coefficient (Wildman–Crippen LogP) is 3.92. The number of methoxy groups -OCH3 is 1. The molecule has 3 N–H and O–H groups in total. The van der Waals surface area contributed by atoms with Crippen LogP contribution in [0.1, 0.15) is 88.1 Å². The first kappa shape index (κ1) is 31.1. The van der Waals surface area contributed by atoms with Crippen LogP contribution in [0.5, 0.6) is 5.75 Å². The normalized spacial score (nSPS) is 20.8. The fraction of sp³-hybridized carbons (Fsp3) is 0.600. The Bertz CT molecular complexity index is 1100. The highest BCUT2D eigenvalue weighted by Crippen LogP contribution is 2.30. The quantitative estimate of drug-likeness (QED) is 0.424. The lowest BCUT2D eigenvalue weighted by atomic mass is 10.0. The van der Waals surface area contributed by atoms with Gasteiger partial charge in [-0.1, -0.05) is 18.1 Å². The number of imide groups is 1. The molecule has 1 aromatic carbocycles. The molecule has 3 aliphatic heterocycles. The van der Waals surface area contributed by atoms with Crippen LogP contribution in [-0.2, 0) is 20.9 Å². The van der Waals surface area contributed by atoms with Crippen molar-refractivity contribution < 1.29 is 28.7 Å². The van der Waals surface area contributed by atoms with Gasteiger partial charge in [-0.15, -0.1) is 0 Å². The lowest BCUT2D eigenvalue weighted by Gasteiger charge is -2.29. The molecule has 4 aliphatic rings. The fourth-order valence-electron chi connectivity index (χ4n) is 5.27. The maximum Gasteiger partial charge on any atom is 0.405 e. The van der Waals surface area contributed by atoms with Crippen LogP contribution in [0, 0.1) is 0 Å². The SMILES string of the molecule is C1=C(CN2CCCCC2)CCC1.CC(C)(C)OC(N)=O.COc1ccc2c(c1)CN(C1CCC(=O)NC1=O)C2=O. The topological polar surface area (TPSA) is 131 Å². The number of hydrogen-bond donors (Lipinski definition) is 2. The molecule has 0 radical (unpaired) electrons. The van der Waals surface area contributed by atoms with Gasteiger partial charge < -0.3 is 20.1 Å². The van der Waals surface area contributed by atoms with E-state index < -0.39 is 23.6 Å². The van der Waals surface area contributed by atoms with Crippen LogP contribution in [0.3, 0.4) is 0 Å². The number of allylic oxidation sites excluding steroid dienone is 1. The molecule has 0 bridgehead atoms. The Kier molecular flexibility index (Phi) is 11.1. The molecule has 2 fully saturated rings. The number of piperidine rings is 2. The number of carbonyl (C=O) groups is 4. The van der Waals surface area contributed by atoms with E-state index in [-0.39, 0.29) is 18.2 Å². The third-order valence-corrected chi connectivity index (χ3v) is 7.15. The van der Waals surface area contributed by atoms with Gasteiger partial charge in [0.15, 0.2) is 0 Å². The van der Waals surface area contributed by atoms with E-state index >= 15 is 0 Å². The molecule has 0 spiro atoms. The average molecular weight is 557 g/mol. The van der Waals surface area contributed by atoms with E-state index in [1.54, 1.807) is 51.7 Å². The van der Waals surface area contributed by atoms with Crippen LogP contribution < -0.4 is 15.8 Å². The summed E-state index contributed by atoms with van der Waals surface area (Å²) in [6, 6.07) is 4.67. The van der Waals surface area contributed by atoms with Crippen molar-refractivity contribution in [1.82, 2.24) is 15.1 Å². The molecule has 220 valence electrons. The summed E-state index contributed by atoms with van der Waals surface area (Å²) < 4.78 is 9.71. The first-order chi connectivity index (χ1) is 19.0. The summed E-state index contributed by atoms with van der Waals surface area (Å²) in [5.74, 6) is -0.162. The first-order valence-corrected chi connectivity index (χ1v) is 14.2. The number of likely N-dealkylation sites (tertiary alicyclic amines) is 1. The highest BCUT2D eigenvalue weighted by atomic mass is 16.6. The maximum absolute atomic E-state index is 12.3. The minimum absolute atomic E-state index is 0.169. The number of primary amides is 1. The predicted molar refractivity (Wildman–Crippen MR) is 152 cm³/mol. The molecule has 1 unspecified atom stereocenters. The molecule has 10 heteroatoms. The molecule has 4 amide bonds. The van der Waals surface area contributed by atoms with E-state index in [1.165, 1.54) is 63.1 Å². The molecule has 40 heavy (non-hydrogen) atoms. The number of ether oxygens (including phenoxy) is 2. The lowest BCUT2D eigenvalue weighted by Crippen LogP contribution is -2.52. The zero-order valence-corrected chi connectivity index (χ0v) is 24.3. The van der Waals surface area contributed by atoms with E-state index in [4.69, 9.17) is 10.5 Å². The second-order valence-electron chi connectivity index (χ2n) is 11.5. The van der Waals surface area contributed by atoms with Crippen molar-refractivity contribution in [3.63, 3.8) is 0 Å². The van der Waals surface area contributed by atoms with E-state index in [0.717, 1.165) is 5.56 Å². The Balaban J connectivity index is 0.000000187. The van der Waals surface area contributed by atoms with E-state index in [0.29, 0.717) is 24.3 Å². The summed E-state index contributed by atoms with van der Waals surface area (Å²) in [6.45, 7) is 9.62. The van der Waals surface area contributed by atoms with Crippen LogP contribution in [0.25, 0.3) is 0 Å². The Labute approximate surface area is 237 Å². The second kappa shape index (κ2) is 14.3. The molecule has 1 aliphatic carbocycles. The molecule has 5 rings (SSSR count). The van der Waals surface area contributed by atoms with Gasteiger partial charge in [-0.05, 0) is 96.1 Å². The Morgan fingerprint density at radius 3 is 2.35 bits per heavy atom. The molecule has 1 aromatic rings. The molecular formula is C30H44N4O6. The first-order valence-electron chi connectivity index (χ1n) is 14.2. The average Bonchev–Trinajstić information content (AvgIpc) is 3.51. The van der Waals surface area contributed by atoms with Gasteiger partial charge in [0.1, 0.15) is 17.4 Å². The van der Waals surface area contributed by atoms with Crippen LogP contribution in [-0.4, -0.2) is 72.0 Å². The number of benzene rings is 1. The van der Waals surface area contributed by atoms with Crippen molar-refractivity contribution in [2.45, 2.75) is 90.3 Å². The van der Waals surface area contributed by atoms with E-state index in [2.05, 4.69) is 21.0 Å². The van der Waals surface area contributed by atoms with Gasteiger partial charge in [-0.2, -0.15) is 0 Å². The number of nitrogens with two attached hydrogens (primary N) is 1. The summed E-state index contributed by atoms with van der Waals surface area (Å²) in [4.78, 5) is 49.5. The summed E-state index contributed by atoms with van der Waals surface area (Å²) in [5, 5.41) is 2.28. The molecule has 0 saturated carbocycles. The maximum atomic E-state index is 12.3. The van der Waals surface area contributed by atoms with Gasteiger partial charge >= 0.3 is 6.09 Å². The van der Waals surface area contributed by atoms with Gasteiger partial charge in [0.05, 0.1) is 7.11 Å². The zero-order valence-electron chi connectivity index (χ0n) is 24.3. The Hall–Kier alpha value is -3.40. The number of amides is 4. The molecule has 0 aromatic heterocycles. The van der Waals surface area contributed by atoms with Gasteiger partial charge in [0.2, 0.25) is 11.8 Å². The summed E-state index contributed by atoms with van der Waals surface area (Å²) in [7, 11) is 1.57. The monoisotopic (exact) mass is 556 g/mol. The van der Waals surface area contributed by atoms with Crippen molar-refractivity contribution in [1.29, 1.82) is 0 Å². The third-order valence-electron chi connectivity index (χ3n) is 7.15. The largest absolute Gasteiger partial charge is 0.497 e. The molecule has 2 saturated heterocycles. The number of nitrogens with one attached hydrogen (secondary N) is 1. The molecule has 10 nitrogen and oxygen atoms in total. The minimum Gasteiger partial charge on any atom is -0.497 e. The fourth-order valence-corrected chi connectivity index (χ4v) is 5.27. The van der Waals surface area contributed by atoms with Crippen molar-refractivity contribution in [2.24, 2.45) is 5.73 Å². The van der Waals surface area contributed by atoms with Crippen molar-refractivity contribution in [2.75, 3.05) is 26.7 Å². The van der Waals surface area contributed by atoms with Gasteiger partial charge in [-0.3, -0.25) is 24.6 Å². The van der Waals surface area contributed by atoms with Gasteiger partial charge in [0.25, 0.3) is 5.91 Å². The summed E-state index contributed by atoms with van der Waals surface area (Å²) >= 11 is 0. The van der Waals surface area contributed by atoms with Crippen LogP contribution in [0.2, 0.25) is 0 Å². The van der Waals surface area contributed by atoms with E-state index in [9.17, 15) is 19.2 Å². The van der Waals surface area contributed by atoms with Crippen LogP contribution in [0.4, 0.5) is 4.79 Å².